The third-order valence-corrected chi connectivity index (χ3v) is 7.34. The quantitative estimate of drug-likeness (QED) is 0.498. The minimum Gasteiger partial charge on any atom is -0.367 e. The average Bonchev–Trinajstić information content (AvgIpc) is 3.40. The molecule has 0 bridgehead atoms. The lowest BCUT2D eigenvalue weighted by atomic mass is 10.1. The number of rotatable bonds is 6. The standard InChI is InChI=1S/C24H28N6S/c1-3-16-8-9-17(13-16)27-22-19(23-29-20-6-4-5-7-21(20)31-23)14-26-24(30-22)28-18-10-11-25-15(2)12-18/h4,6,10-12,14,16-17H,3,5,7-9,13H2,1-2H3,(H2,25,26,27,28,30). The SMILES string of the molecule is CCC1CCC(Nc2nc(Nc3ccnc(C)c3)ncc2-c2nc3c(s2)CCC=C3)C1. The van der Waals surface area contributed by atoms with Crippen LogP contribution in [-0.4, -0.2) is 26.0 Å². The molecule has 160 valence electrons. The van der Waals surface area contributed by atoms with Crippen LogP contribution in [0, 0.1) is 12.8 Å². The zero-order chi connectivity index (χ0) is 21.2. The second-order valence-corrected chi connectivity index (χ2v) is 9.55. The summed E-state index contributed by atoms with van der Waals surface area (Å²) in [7, 11) is 0. The third kappa shape index (κ3) is 4.46. The van der Waals surface area contributed by atoms with Gasteiger partial charge in [0, 0.05) is 34.7 Å². The van der Waals surface area contributed by atoms with Crippen molar-refractivity contribution in [2.45, 2.75) is 58.4 Å². The minimum absolute atomic E-state index is 0.448. The number of allylic oxidation sites excluding steroid dienone is 1. The monoisotopic (exact) mass is 432 g/mol. The van der Waals surface area contributed by atoms with Gasteiger partial charge < -0.3 is 10.6 Å². The Morgan fingerprint density at radius 2 is 2.13 bits per heavy atom. The van der Waals surface area contributed by atoms with E-state index in [1.54, 1.807) is 17.5 Å². The summed E-state index contributed by atoms with van der Waals surface area (Å²) in [6, 6.07) is 4.37. The average molecular weight is 433 g/mol. The molecular formula is C24H28N6S. The highest BCUT2D eigenvalue weighted by Gasteiger charge is 2.25. The van der Waals surface area contributed by atoms with Crippen molar-refractivity contribution < 1.29 is 0 Å². The van der Waals surface area contributed by atoms with Gasteiger partial charge >= 0.3 is 0 Å². The predicted molar refractivity (Wildman–Crippen MR) is 128 cm³/mol. The first-order chi connectivity index (χ1) is 15.2. The molecule has 7 heteroatoms. The maximum atomic E-state index is 4.90. The molecule has 0 amide bonds. The molecule has 0 aliphatic heterocycles. The molecule has 3 aromatic heterocycles. The van der Waals surface area contributed by atoms with Crippen LogP contribution in [0.15, 0.2) is 30.6 Å². The van der Waals surface area contributed by atoms with E-state index in [1.807, 2.05) is 25.3 Å². The van der Waals surface area contributed by atoms with Crippen LogP contribution in [0.1, 0.15) is 55.3 Å². The molecule has 2 aliphatic rings. The van der Waals surface area contributed by atoms with Gasteiger partial charge in [0.15, 0.2) is 0 Å². The van der Waals surface area contributed by atoms with E-state index in [0.717, 1.165) is 52.2 Å². The van der Waals surface area contributed by atoms with E-state index in [0.29, 0.717) is 12.0 Å². The smallest absolute Gasteiger partial charge is 0.229 e. The van der Waals surface area contributed by atoms with Crippen LogP contribution >= 0.6 is 11.3 Å². The van der Waals surface area contributed by atoms with Crippen molar-refractivity contribution in [3.05, 3.63) is 46.9 Å². The van der Waals surface area contributed by atoms with Crippen molar-refractivity contribution >= 4 is 34.9 Å². The van der Waals surface area contributed by atoms with Gasteiger partial charge in [-0.25, -0.2) is 9.97 Å². The van der Waals surface area contributed by atoms with Gasteiger partial charge in [0.2, 0.25) is 5.95 Å². The topological polar surface area (TPSA) is 75.6 Å². The van der Waals surface area contributed by atoms with Crippen LogP contribution in [0.2, 0.25) is 0 Å². The number of fused-ring (bicyclic) bond motifs is 1. The summed E-state index contributed by atoms with van der Waals surface area (Å²) in [6.07, 6.45) is 15.1. The lowest BCUT2D eigenvalue weighted by molar-refractivity contribution is 0.524. The van der Waals surface area contributed by atoms with Crippen LogP contribution in [0.3, 0.4) is 0 Å². The van der Waals surface area contributed by atoms with Crippen LogP contribution in [0.4, 0.5) is 17.5 Å². The van der Waals surface area contributed by atoms with Crippen LogP contribution < -0.4 is 10.6 Å². The minimum atomic E-state index is 0.448. The molecule has 1 fully saturated rings. The predicted octanol–water partition coefficient (Wildman–Crippen LogP) is 6.00. The summed E-state index contributed by atoms with van der Waals surface area (Å²) in [5.74, 6) is 2.26. The number of hydrogen-bond donors (Lipinski definition) is 2. The molecule has 2 aliphatic carbocycles. The van der Waals surface area contributed by atoms with Gasteiger partial charge in [-0.3, -0.25) is 4.98 Å². The number of thiazole rings is 1. The van der Waals surface area contributed by atoms with Gasteiger partial charge in [0.25, 0.3) is 0 Å². The van der Waals surface area contributed by atoms with Crippen LogP contribution in [0.5, 0.6) is 0 Å². The van der Waals surface area contributed by atoms with Gasteiger partial charge in [-0.2, -0.15) is 4.98 Å². The molecular weight excluding hydrogens is 404 g/mol. The van der Waals surface area contributed by atoms with Crippen molar-refractivity contribution in [3.8, 4) is 10.6 Å². The molecule has 2 unspecified atom stereocenters. The van der Waals surface area contributed by atoms with Crippen molar-refractivity contribution in [3.63, 3.8) is 0 Å². The third-order valence-electron chi connectivity index (χ3n) is 6.17. The highest BCUT2D eigenvalue weighted by molar-refractivity contribution is 7.15. The molecule has 5 rings (SSSR count). The molecule has 1 saturated carbocycles. The lowest BCUT2D eigenvalue weighted by Gasteiger charge is -2.17. The first-order valence-electron chi connectivity index (χ1n) is 11.2. The maximum Gasteiger partial charge on any atom is 0.229 e. The molecule has 0 aromatic carbocycles. The van der Waals surface area contributed by atoms with Gasteiger partial charge in [0.1, 0.15) is 10.8 Å². The number of aromatic nitrogens is 4. The second kappa shape index (κ2) is 8.75. The number of aryl methyl sites for hydroxylation is 2. The largest absolute Gasteiger partial charge is 0.367 e. The zero-order valence-electron chi connectivity index (χ0n) is 18.1. The summed E-state index contributed by atoms with van der Waals surface area (Å²) in [6.45, 7) is 4.26. The lowest BCUT2D eigenvalue weighted by Crippen LogP contribution is -2.18. The van der Waals surface area contributed by atoms with Gasteiger partial charge in [-0.1, -0.05) is 19.4 Å². The summed E-state index contributed by atoms with van der Waals surface area (Å²) < 4.78 is 0. The Morgan fingerprint density at radius 3 is 2.94 bits per heavy atom. The first-order valence-corrected chi connectivity index (χ1v) is 12.0. The molecule has 0 saturated heterocycles. The molecule has 2 atom stereocenters. The van der Waals surface area contributed by atoms with Gasteiger partial charge in [0.05, 0.1) is 11.3 Å². The Bertz CT molecular complexity index is 1110. The Kier molecular flexibility index (Phi) is 5.68. The van der Waals surface area contributed by atoms with Crippen molar-refractivity contribution in [1.29, 1.82) is 0 Å². The molecule has 0 radical (unpaired) electrons. The number of anilines is 3. The molecule has 2 N–H and O–H groups in total. The summed E-state index contributed by atoms with van der Waals surface area (Å²) in [5.41, 5.74) is 3.98. The molecule has 31 heavy (non-hydrogen) atoms. The highest BCUT2D eigenvalue weighted by atomic mass is 32.1. The Hall–Kier alpha value is -2.80. The number of hydrogen-bond acceptors (Lipinski definition) is 7. The molecule has 0 spiro atoms. The van der Waals surface area contributed by atoms with E-state index in [9.17, 15) is 0 Å². The Balaban J connectivity index is 1.47. The van der Waals surface area contributed by atoms with Crippen LogP contribution in [0.25, 0.3) is 16.6 Å². The van der Waals surface area contributed by atoms with E-state index in [-0.39, 0.29) is 0 Å². The van der Waals surface area contributed by atoms with E-state index < -0.39 is 0 Å². The summed E-state index contributed by atoms with van der Waals surface area (Å²) >= 11 is 1.77. The van der Waals surface area contributed by atoms with Crippen molar-refractivity contribution in [2.24, 2.45) is 5.92 Å². The normalized spacial score (nSPS) is 19.9. The van der Waals surface area contributed by atoms with E-state index in [4.69, 9.17) is 9.97 Å². The van der Waals surface area contributed by atoms with Crippen LogP contribution in [-0.2, 0) is 6.42 Å². The summed E-state index contributed by atoms with van der Waals surface area (Å²) in [4.78, 5) is 20.0. The van der Waals surface area contributed by atoms with Gasteiger partial charge in [-0.05, 0) is 63.2 Å². The fraction of sp³-hybridized carbons (Fsp3) is 0.417. The summed E-state index contributed by atoms with van der Waals surface area (Å²) in [5, 5.41) is 8.06. The highest BCUT2D eigenvalue weighted by Crippen LogP contribution is 2.37. The van der Waals surface area contributed by atoms with Crippen molar-refractivity contribution in [1.82, 2.24) is 19.9 Å². The number of nitrogens with one attached hydrogen (secondary N) is 2. The van der Waals surface area contributed by atoms with Gasteiger partial charge in [-0.15, -0.1) is 11.3 Å². The molecule has 6 nitrogen and oxygen atoms in total. The van der Waals surface area contributed by atoms with Crippen molar-refractivity contribution in [2.75, 3.05) is 10.6 Å². The Labute approximate surface area is 187 Å². The fourth-order valence-corrected chi connectivity index (χ4v) is 5.50. The number of nitrogens with zero attached hydrogens (tertiary/aromatic N) is 4. The maximum absolute atomic E-state index is 4.90. The first kappa shape index (κ1) is 20.1. The van der Waals surface area contributed by atoms with E-state index >= 15 is 0 Å². The Morgan fingerprint density at radius 1 is 1.19 bits per heavy atom. The second-order valence-electron chi connectivity index (χ2n) is 8.46. The van der Waals surface area contributed by atoms with E-state index in [1.165, 1.54) is 30.6 Å². The zero-order valence-corrected chi connectivity index (χ0v) is 18.9. The molecule has 3 heterocycles. The fourth-order valence-electron chi connectivity index (χ4n) is 4.43. The molecule has 3 aromatic rings. The number of pyridine rings is 1. The van der Waals surface area contributed by atoms with E-state index in [2.05, 4.69) is 39.7 Å².